The standard InChI is InChI=1S/C9H12N2S/c1-6-3-4-8-9(11-6)12-7(2)5-10-8/h3-4,7,10H,5H2,1-2H3. The van der Waals surface area contributed by atoms with E-state index in [0.29, 0.717) is 5.25 Å². The highest BCUT2D eigenvalue weighted by Crippen LogP contribution is 2.32. The molecule has 0 radical (unpaired) electrons. The molecule has 1 aliphatic heterocycles. The third kappa shape index (κ3) is 1.41. The van der Waals surface area contributed by atoms with Gasteiger partial charge in [0.15, 0.2) is 0 Å². The monoisotopic (exact) mass is 180 g/mol. The Morgan fingerprint density at radius 3 is 3.25 bits per heavy atom. The average molecular weight is 180 g/mol. The minimum absolute atomic E-state index is 0.631. The zero-order chi connectivity index (χ0) is 8.55. The van der Waals surface area contributed by atoms with Gasteiger partial charge in [0.05, 0.1) is 5.69 Å². The van der Waals surface area contributed by atoms with E-state index in [-0.39, 0.29) is 0 Å². The van der Waals surface area contributed by atoms with Crippen LogP contribution in [0.25, 0.3) is 0 Å². The van der Waals surface area contributed by atoms with Gasteiger partial charge in [0, 0.05) is 17.5 Å². The molecule has 64 valence electrons. The molecule has 0 aliphatic carbocycles. The van der Waals surface area contributed by atoms with Crippen molar-refractivity contribution < 1.29 is 0 Å². The Labute approximate surface area is 76.8 Å². The van der Waals surface area contributed by atoms with E-state index in [4.69, 9.17) is 0 Å². The van der Waals surface area contributed by atoms with E-state index in [9.17, 15) is 0 Å². The molecule has 12 heavy (non-hydrogen) atoms. The smallest absolute Gasteiger partial charge is 0.120 e. The van der Waals surface area contributed by atoms with Crippen molar-refractivity contribution >= 4 is 17.4 Å². The van der Waals surface area contributed by atoms with Crippen LogP contribution in [0.3, 0.4) is 0 Å². The van der Waals surface area contributed by atoms with Crippen LogP contribution >= 0.6 is 11.8 Å². The number of hydrogen-bond donors (Lipinski definition) is 1. The summed E-state index contributed by atoms with van der Waals surface area (Å²) in [4.78, 5) is 4.46. The summed E-state index contributed by atoms with van der Waals surface area (Å²) in [5, 5.41) is 5.13. The van der Waals surface area contributed by atoms with Crippen LogP contribution in [0.15, 0.2) is 17.2 Å². The zero-order valence-electron chi connectivity index (χ0n) is 7.29. The summed E-state index contributed by atoms with van der Waals surface area (Å²) in [5.41, 5.74) is 2.28. The first-order chi connectivity index (χ1) is 5.75. The third-order valence-electron chi connectivity index (χ3n) is 1.89. The lowest BCUT2D eigenvalue weighted by atomic mass is 10.3. The molecule has 1 atom stereocenters. The number of pyridine rings is 1. The molecule has 0 fully saturated rings. The van der Waals surface area contributed by atoms with Gasteiger partial charge in [-0.1, -0.05) is 18.7 Å². The van der Waals surface area contributed by atoms with Gasteiger partial charge in [-0.3, -0.25) is 0 Å². The van der Waals surface area contributed by atoms with Gasteiger partial charge in [0.2, 0.25) is 0 Å². The van der Waals surface area contributed by atoms with Crippen molar-refractivity contribution in [2.45, 2.75) is 24.1 Å². The van der Waals surface area contributed by atoms with Crippen molar-refractivity contribution in [3.05, 3.63) is 17.8 Å². The molecule has 1 aromatic rings. The summed E-state index contributed by atoms with van der Waals surface area (Å²) in [7, 11) is 0. The van der Waals surface area contributed by atoms with Crippen molar-refractivity contribution in [1.82, 2.24) is 4.98 Å². The van der Waals surface area contributed by atoms with Crippen molar-refractivity contribution in [3.63, 3.8) is 0 Å². The number of anilines is 1. The summed E-state index contributed by atoms with van der Waals surface area (Å²) in [6.45, 7) is 5.28. The first-order valence-corrected chi connectivity index (χ1v) is 5.02. The maximum absolute atomic E-state index is 4.46. The Hall–Kier alpha value is -0.700. The predicted octanol–water partition coefficient (Wildman–Crippen LogP) is 2.30. The molecule has 1 N–H and O–H groups in total. The minimum Gasteiger partial charge on any atom is -0.382 e. The normalized spacial score (nSPS) is 21.3. The molecule has 2 nitrogen and oxygen atoms in total. The molecule has 2 rings (SSSR count). The lowest BCUT2D eigenvalue weighted by molar-refractivity contribution is 0.937. The Morgan fingerprint density at radius 1 is 1.58 bits per heavy atom. The quantitative estimate of drug-likeness (QED) is 0.663. The van der Waals surface area contributed by atoms with Crippen LogP contribution in [-0.2, 0) is 0 Å². The summed E-state index contributed by atoms with van der Waals surface area (Å²) in [6.07, 6.45) is 0. The number of rotatable bonds is 0. The largest absolute Gasteiger partial charge is 0.382 e. The second-order valence-corrected chi connectivity index (χ2v) is 4.54. The van der Waals surface area contributed by atoms with Gasteiger partial charge in [-0.15, -0.1) is 0 Å². The van der Waals surface area contributed by atoms with Crippen molar-refractivity contribution in [1.29, 1.82) is 0 Å². The van der Waals surface area contributed by atoms with Crippen LogP contribution in [0, 0.1) is 6.92 Å². The fraction of sp³-hybridized carbons (Fsp3) is 0.444. The molecule has 1 aliphatic rings. The molecule has 1 unspecified atom stereocenters. The van der Waals surface area contributed by atoms with Crippen LogP contribution in [-0.4, -0.2) is 16.8 Å². The van der Waals surface area contributed by atoms with Gasteiger partial charge in [0.1, 0.15) is 5.03 Å². The molecule has 0 spiro atoms. The second kappa shape index (κ2) is 2.98. The van der Waals surface area contributed by atoms with E-state index in [2.05, 4.69) is 23.3 Å². The van der Waals surface area contributed by atoms with Crippen LogP contribution in [0.2, 0.25) is 0 Å². The topological polar surface area (TPSA) is 24.9 Å². The molecule has 1 aromatic heterocycles. The van der Waals surface area contributed by atoms with E-state index in [0.717, 1.165) is 17.3 Å². The van der Waals surface area contributed by atoms with Gasteiger partial charge in [-0.25, -0.2) is 4.98 Å². The predicted molar refractivity (Wildman–Crippen MR) is 52.8 cm³/mol. The number of nitrogens with one attached hydrogen (secondary N) is 1. The van der Waals surface area contributed by atoms with Crippen molar-refractivity contribution in [2.75, 3.05) is 11.9 Å². The number of fused-ring (bicyclic) bond motifs is 1. The highest BCUT2D eigenvalue weighted by atomic mass is 32.2. The van der Waals surface area contributed by atoms with Crippen LogP contribution in [0.4, 0.5) is 5.69 Å². The number of aryl methyl sites for hydroxylation is 1. The number of thioether (sulfide) groups is 1. The van der Waals surface area contributed by atoms with Crippen LogP contribution in [0.1, 0.15) is 12.6 Å². The van der Waals surface area contributed by atoms with E-state index in [1.165, 1.54) is 5.69 Å². The summed E-state index contributed by atoms with van der Waals surface area (Å²) in [6, 6.07) is 4.15. The second-order valence-electron chi connectivity index (χ2n) is 3.11. The van der Waals surface area contributed by atoms with E-state index < -0.39 is 0 Å². The maximum Gasteiger partial charge on any atom is 0.120 e. The van der Waals surface area contributed by atoms with E-state index in [1.54, 1.807) is 0 Å². The first-order valence-electron chi connectivity index (χ1n) is 4.14. The highest BCUT2D eigenvalue weighted by molar-refractivity contribution is 8.00. The molecule has 0 saturated heterocycles. The molecule has 0 amide bonds. The van der Waals surface area contributed by atoms with Crippen molar-refractivity contribution in [2.24, 2.45) is 0 Å². The first kappa shape index (κ1) is 7.92. The number of nitrogens with zero attached hydrogens (tertiary/aromatic N) is 1. The molecule has 3 heteroatoms. The summed E-state index contributed by atoms with van der Waals surface area (Å²) in [5.74, 6) is 0. The van der Waals surface area contributed by atoms with Gasteiger partial charge >= 0.3 is 0 Å². The maximum atomic E-state index is 4.46. The Balaban J connectivity index is 2.37. The Kier molecular flexibility index (Phi) is 1.97. The molecule has 0 saturated carbocycles. The van der Waals surface area contributed by atoms with Gasteiger partial charge in [0.25, 0.3) is 0 Å². The molecule has 0 bridgehead atoms. The average Bonchev–Trinajstić information content (AvgIpc) is 2.03. The Morgan fingerprint density at radius 2 is 2.42 bits per heavy atom. The van der Waals surface area contributed by atoms with Gasteiger partial charge in [-0.2, -0.15) is 0 Å². The highest BCUT2D eigenvalue weighted by Gasteiger charge is 2.15. The lowest BCUT2D eigenvalue weighted by Crippen LogP contribution is -2.18. The van der Waals surface area contributed by atoms with E-state index >= 15 is 0 Å². The van der Waals surface area contributed by atoms with Crippen LogP contribution < -0.4 is 5.32 Å². The Bertz CT molecular complexity index is 299. The number of aromatic nitrogens is 1. The van der Waals surface area contributed by atoms with Gasteiger partial charge < -0.3 is 5.32 Å². The number of hydrogen-bond acceptors (Lipinski definition) is 3. The lowest BCUT2D eigenvalue weighted by Gasteiger charge is -2.21. The zero-order valence-corrected chi connectivity index (χ0v) is 8.11. The minimum atomic E-state index is 0.631. The van der Waals surface area contributed by atoms with E-state index in [1.807, 2.05) is 24.8 Å². The molecular weight excluding hydrogens is 168 g/mol. The third-order valence-corrected chi connectivity index (χ3v) is 3.00. The SMILES string of the molecule is Cc1ccc2c(n1)SC(C)CN2. The summed E-state index contributed by atoms with van der Waals surface area (Å²) >= 11 is 1.85. The fourth-order valence-corrected chi connectivity index (χ4v) is 2.25. The fourth-order valence-electron chi connectivity index (χ4n) is 1.24. The molecular formula is C9H12N2S. The van der Waals surface area contributed by atoms with Crippen molar-refractivity contribution in [3.8, 4) is 0 Å². The summed E-state index contributed by atoms with van der Waals surface area (Å²) < 4.78 is 0. The van der Waals surface area contributed by atoms with Crippen LogP contribution in [0.5, 0.6) is 0 Å². The van der Waals surface area contributed by atoms with Gasteiger partial charge in [-0.05, 0) is 19.1 Å². The molecule has 2 heterocycles. The molecule has 0 aromatic carbocycles.